The van der Waals surface area contributed by atoms with Crippen LogP contribution >= 0.6 is 0 Å². The number of amides is 3. The van der Waals surface area contributed by atoms with Gasteiger partial charge in [0.2, 0.25) is 0 Å². The van der Waals surface area contributed by atoms with Crippen molar-refractivity contribution in [3.8, 4) is 5.75 Å². The lowest BCUT2D eigenvalue weighted by Gasteiger charge is -2.42. The number of nitrogens with one attached hydrogen (secondary N) is 2. The minimum absolute atomic E-state index is 0.174. The van der Waals surface area contributed by atoms with Gasteiger partial charge in [0.1, 0.15) is 18.5 Å². The van der Waals surface area contributed by atoms with Crippen LogP contribution in [0.3, 0.4) is 0 Å². The lowest BCUT2D eigenvalue weighted by Crippen LogP contribution is -2.53. The van der Waals surface area contributed by atoms with Gasteiger partial charge in [-0.3, -0.25) is 9.59 Å². The first kappa shape index (κ1) is 23.6. The summed E-state index contributed by atoms with van der Waals surface area (Å²) in [5.74, 6) is -0.128. The van der Waals surface area contributed by atoms with Gasteiger partial charge in [-0.2, -0.15) is 0 Å². The molecule has 1 fully saturated rings. The molecule has 34 heavy (non-hydrogen) atoms. The Morgan fingerprint density at radius 3 is 2.53 bits per heavy atom. The predicted octanol–water partition coefficient (Wildman–Crippen LogP) is 3.58. The zero-order chi connectivity index (χ0) is 24.2. The number of carbonyl (C=O) groups is 3. The fourth-order valence-electron chi connectivity index (χ4n) is 4.30. The molecule has 4 rings (SSSR count). The van der Waals surface area contributed by atoms with Gasteiger partial charge in [0, 0.05) is 18.4 Å². The first-order valence-electron chi connectivity index (χ1n) is 11.2. The van der Waals surface area contributed by atoms with Crippen LogP contribution in [0.25, 0.3) is 0 Å². The quantitative estimate of drug-likeness (QED) is 0.666. The molecule has 0 aliphatic carbocycles. The molecule has 0 radical (unpaired) electrons. The largest absolute Gasteiger partial charge is 0.490 e. The number of aryl methyl sites for hydroxylation is 1. The Hall–Kier alpha value is -3.59. The van der Waals surface area contributed by atoms with E-state index in [-0.39, 0.29) is 43.2 Å². The van der Waals surface area contributed by atoms with Crippen molar-refractivity contribution in [1.82, 2.24) is 4.90 Å². The van der Waals surface area contributed by atoms with E-state index in [0.29, 0.717) is 35.5 Å². The van der Waals surface area contributed by atoms with E-state index in [2.05, 4.69) is 10.6 Å². The fourth-order valence-corrected chi connectivity index (χ4v) is 4.30. The first-order chi connectivity index (χ1) is 16.3. The average Bonchev–Trinajstić information content (AvgIpc) is 2.83. The lowest BCUT2D eigenvalue weighted by molar-refractivity contribution is -0.151. The summed E-state index contributed by atoms with van der Waals surface area (Å²) in [5, 5.41) is 5.54. The number of hydrogen-bond acceptors (Lipinski definition) is 6. The molecule has 9 heteroatoms. The van der Waals surface area contributed by atoms with Gasteiger partial charge in [0.15, 0.2) is 0 Å². The summed E-state index contributed by atoms with van der Waals surface area (Å²) in [5.41, 5.74) is 2.61. The Morgan fingerprint density at radius 2 is 1.79 bits per heavy atom. The molecule has 2 aromatic carbocycles. The second-order valence-corrected chi connectivity index (χ2v) is 8.60. The number of esters is 1. The molecule has 9 nitrogen and oxygen atoms in total. The van der Waals surface area contributed by atoms with Crippen molar-refractivity contribution < 1.29 is 28.6 Å². The molecule has 2 heterocycles. The number of anilines is 2. The van der Waals surface area contributed by atoms with Crippen molar-refractivity contribution in [3.05, 3.63) is 53.6 Å². The number of ether oxygens (including phenoxy) is 3. The van der Waals surface area contributed by atoms with E-state index in [1.165, 1.54) is 7.11 Å². The SMILES string of the molecule is COC(=O)C[C@H]1CC[C@@H]2[C@H](COc3ccc(NC(=O)Nc4ccc(C)cc4)cc3C(=O)N2C)O1. The Kier molecular flexibility index (Phi) is 7.02. The minimum Gasteiger partial charge on any atom is -0.490 e. The van der Waals surface area contributed by atoms with E-state index in [4.69, 9.17) is 14.2 Å². The van der Waals surface area contributed by atoms with Gasteiger partial charge in [0.25, 0.3) is 5.91 Å². The fraction of sp³-hybridized carbons (Fsp3) is 0.400. The number of rotatable bonds is 4. The molecule has 2 aliphatic rings. The van der Waals surface area contributed by atoms with Crippen LogP contribution in [0.4, 0.5) is 16.2 Å². The van der Waals surface area contributed by atoms with Crippen molar-refractivity contribution in [2.24, 2.45) is 0 Å². The summed E-state index contributed by atoms with van der Waals surface area (Å²) >= 11 is 0. The third-order valence-corrected chi connectivity index (χ3v) is 6.20. The number of urea groups is 1. The maximum absolute atomic E-state index is 13.3. The maximum Gasteiger partial charge on any atom is 0.323 e. The van der Waals surface area contributed by atoms with Crippen molar-refractivity contribution in [1.29, 1.82) is 0 Å². The van der Waals surface area contributed by atoms with Crippen LogP contribution < -0.4 is 15.4 Å². The van der Waals surface area contributed by atoms with Crippen LogP contribution in [0.2, 0.25) is 0 Å². The Bertz CT molecular complexity index is 1070. The molecule has 2 aromatic rings. The summed E-state index contributed by atoms with van der Waals surface area (Å²) in [6, 6.07) is 11.8. The number of fused-ring (bicyclic) bond motifs is 2. The highest BCUT2D eigenvalue weighted by atomic mass is 16.5. The normalized spacial score (nSPS) is 21.8. The van der Waals surface area contributed by atoms with E-state index >= 15 is 0 Å². The van der Waals surface area contributed by atoms with Gasteiger partial charge in [0.05, 0.1) is 31.2 Å². The van der Waals surface area contributed by atoms with Gasteiger partial charge in [-0.1, -0.05) is 17.7 Å². The van der Waals surface area contributed by atoms with Crippen molar-refractivity contribution >= 4 is 29.3 Å². The Labute approximate surface area is 198 Å². The standard InChI is InChI=1S/C25H29N3O6/c1-15-4-6-16(7-5-15)26-25(31)27-17-8-11-21-19(12-17)24(30)28(2)20-10-9-18(13-23(29)32-3)34-22(20)14-33-21/h4-8,11-12,18,20,22H,9-10,13-14H2,1-3H3,(H2,26,27,31)/t18-,20-,22+/m1/s1. The van der Waals surface area contributed by atoms with Crippen LogP contribution in [0.15, 0.2) is 42.5 Å². The second kappa shape index (κ2) is 10.1. The summed E-state index contributed by atoms with van der Waals surface area (Å²) in [6.07, 6.45) is 0.876. The summed E-state index contributed by atoms with van der Waals surface area (Å²) in [7, 11) is 3.09. The van der Waals surface area contributed by atoms with Crippen molar-refractivity contribution in [2.75, 3.05) is 31.4 Å². The molecule has 180 valence electrons. The lowest BCUT2D eigenvalue weighted by atomic mass is 9.94. The number of benzene rings is 2. The van der Waals surface area contributed by atoms with E-state index in [1.54, 1.807) is 30.1 Å². The van der Waals surface area contributed by atoms with Gasteiger partial charge in [-0.15, -0.1) is 0 Å². The maximum atomic E-state index is 13.3. The zero-order valence-electron chi connectivity index (χ0n) is 19.5. The van der Waals surface area contributed by atoms with Crippen LogP contribution in [0.5, 0.6) is 5.75 Å². The highest BCUT2D eigenvalue weighted by Gasteiger charge is 2.39. The Morgan fingerprint density at radius 1 is 1.09 bits per heavy atom. The van der Waals surface area contributed by atoms with E-state index in [0.717, 1.165) is 5.56 Å². The van der Waals surface area contributed by atoms with E-state index < -0.39 is 6.03 Å². The molecule has 0 spiro atoms. The second-order valence-electron chi connectivity index (χ2n) is 8.60. The van der Waals surface area contributed by atoms with E-state index in [1.807, 2.05) is 31.2 Å². The number of nitrogens with zero attached hydrogens (tertiary/aromatic N) is 1. The number of carbonyl (C=O) groups excluding carboxylic acids is 3. The minimum atomic E-state index is -0.409. The molecular weight excluding hydrogens is 438 g/mol. The smallest absolute Gasteiger partial charge is 0.323 e. The molecular formula is C25H29N3O6. The van der Waals surface area contributed by atoms with Gasteiger partial charge in [-0.25, -0.2) is 4.79 Å². The number of likely N-dealkylation sites (N-methyl/N-ethyl adjacent to an activating group) is 1. The number of methoxy groups -OCH3 is 1. The van der Waals surface area contributed by atoms with Crippen LogP contribution in [0, 0.1) is 6.92 Å². The third-order valence-electron chi connectivity index (χ3n) is 6.20. The van der Waals surface area contributed by atoms with Crippen LogP contribution in [0.1, 0.15) is 35.2 Å². The zero-order valence-corrected chi connectivity index (χ0v) is 19.5. The van der Waals surface area contributed by atoms with Crippen LogP contribution in [-0.2, 0) is 14.3 Å². The van der Waals surface area contributed by atoms with Gasteiger partial charge < -0.3 is 29.7 Å². The van der Waals surface area contributed by atoms with Crippen molar-refractivity contribution in [2.45, 2.75) is 44.4 Å². The third kappa shape index (κ3) is 5.31. The van der Waals surface area contributed by atoms with E-state index in [9.17, 15) is 14.4 Å². The Balaban J connectivity index is 1.46. The monoisotopic (exact) mass is 467 g/mol. The number of hydrogen-bond donors (Lipinski definition) is 2. The average molecular weight is 468 g/mol. The molecule has 0 bridgehead atoms. The molecule has 3 amide bonds. The topological polar surface area (TPSA) is 106 Å². The highest BCUT2D eigenvalue weighted by molar-refractivity contribution is 6.02. The molecule has 0 saturated carbocycles. The summed E-state index contributed by atoms with van der Waals surface area (Å²) < 4.78 is 16.8. The van der Waals surface area contributed by atoms with Crippen LogP contribution in [-0.4, -0.2) is 61.8 Å². The molecule has 3 atom stereocenters. The first-order valence-corrected chi connectivity index (χ1v) is 11.2. The molecule has 2 N–H and O–H groups in total. The van der Waals surface area contributed by atoms with Crippen molar-refractivity contribution in [3.63, 3.8) is 0 Å². The molecule has 0 aromatic heterocycles. The summed E-state index contributed by atoms with van der Waals surface area (Å²) in [6.45, 7) is 2.22. The predicted molar refractivity (Wildman–Crippen MR) is 126 cm³/mol. The molecule has 0 unspecified atom stereocenters. The van der Waals surface area contributed by atoms with Gasteiger partial charge >= 0.3 is 12.0 Å². The summed E-state index contributed by atoms with van der Waals surface area (Å²) in [4.78, 5) is 39.0. The molecule has 2 aliphatic heterocycles. The highest BCUT2D eigenvalue weighted by Crippen LogP contribution is 2.32. The molecule has 1 saturated heterocycles. The van der Waals surface area contributed by atoms with Gasteiger partial charge in [-0.05, 0) is 50.1 Å².